The van der Waals surface area contributed by atoms with Crippen LogP contribution < -0.4 is 14.2 Å². The lowest BCUT2D eigenvalue weighted by molar-refractivity contribution is -0.125. The van der Waals surface area contributed by atoms with Gasteiger partial charge in [-0.1, -0.05) is 25.1 Å². The number of fused-ring (bicyclic) bond motifs is 1. The predicted octanol–water partition coefficient (Wildman–Crippen LogP) is 2.43. The number of ether oxygens (including phenoxy) is 2. The quantitative estimate of drug-likeness (QED) is 0.701. The van der Waals surface area contributed by atoms with Crippen molar-refractivity contribution < 1.29 is 22.7 Å². The molecule has 3 rings (SSSR count). The van der Waals surface area contributed by atoms with E-state index < -0.39 is 10.0 Å². The van der Waals surface area contributed by atoms with Crippen molar-refractivity contribution in [1.82, 2.24) is 9.62 Å². The predicted molar refractivity (Wildman–Crippen MR) is 110 cm³/mol. The largest absolute Gasteiger partial charge is 0.486 e. The van der Waals surface area contributed by atoms with E-state index >= 15 is 0 Å². The summed E-state index contributed by atoms with van der Waals surface area (Å²) in [7, 11) is -1.76. The van der Waals surface area contributed by atoms with Gasteiger partial charge in [0.2, 0.25) is 15.9 Å². The van der Waals surface area contributed by atoms with Gasteiger partial charge in [0.25, 0.3) is 0 Å². The highest BCUT2D eigenvalue weighted by Crippen LogP contribution is 2.31. The maximum atomic E-state index is 12.4. The number of carbonyl (C=O) groups excluding carboxylic acids is 1. The van der Waals surface area contributed by atoms with Gasteiger partial charge < -0.3 is 14.4 Å². The average Bonchev–Trinajstić information content (AvgIpc) is 2.72. The second kappa shape index (κ2) is 9.11. The third kappa shape index (κ3) is 5.36. The lowest BCUT2D eigenvalue weighted by atomic mass is 10.1. The van der Waals surface area contributed by atoms with E-state index in [0.717, 1.165) is 11.1 Å². The molecule has 0 saturated carbocycles. The highest BCUT2D eigenvalue weighted by atomic mass is 32.2. The third-order valence-corrected chi connectivity index (χ3v) is 5.91. The molecule has 7 nitrogen and oxygen atoms in total. The summed E-state index contributed by atoms with van der Waals surface area (Å²) in [4.78, 5) is 14.2. The van der Waals surface area contributed by atoms with Crippen LogP contribution in [0.25, 0.3) is 6.08 Å². The summed E-state index contributed by atoms with van der Waals surface area (Å²) < 4.78 is 37.4. The molecule has 29 heavy (non-hydrogen) atoms. The fourth-order valence-electron chi connectivity index (χ4n) is 2.86. The maximum absolute atomic E-state index is 12.4. The zero-order valence-corrected chi connectivity index (χ0v) is 17.2. The Morgan fingerprint density at radius 2 is 1.79 bits per heavy atom. The van der Waals surface area contributed by atoms with Gasteiger partial charge in [-0.2, -0.15) is 0 Å². The number of carbonyl (C=O) groups is 1. The summed E-state index contributed by atoms with van der Waals surface area (Å²) >= 11 is 0. The second-order valence-corrected chi connectivity index (χ2v) is 8.34. The minimum absolute atomic E-state index is 0.163. The molecule has 0 saturated heterocycles. The maximum Gasteiger partial charge on any atom is 0.246 e. The number of benzene rings is 2. The number of hydrogen-bond donors (Lipinski definition) is 1. The van der Waals surface area contributed by atoms with E-state index in [2.05, 4.69) is 4.72 Å². The first kappa shape index (κ1) is 20.9. The van der Waals surface area contributed by atoms with E-state index in [1.807, 2.05) is 18.2 Å². The standard InChI is InChI=1S/C21H24N2O5S/c1-3-22-29(25,26)18-8-4-16(5-9-18)7-11-21(24)23(2)15-17-6-10-19-20(14-17)28-13-12-27-19/h4-11,14,22H,3,12-13,15H2,1-2H3/b11-7+. The topological polar surface area (TPSA) is 84.9 Å². The number of sulfonamides is 1. The van der Waals surface area contributed by atoms with Crippen LogP contribution in [0.2, 0.25) is 0 Å². The van der Waals surface area contributed by atoms with Gasteiger partial charge in [0, 0.05) is 26.2 Å². The molecule has 2 aromatic carbocycles. The minimum Gasteiger partial charge on any atom is -0.486 e. The Morgan fingerprint density at radius 3 is 2.48 bits per heavy atom. The molecule has 1 amide bonds. The van der Waals surface area contributed by atoms with Crippen molar-refractivity contribution in [3.8, 4) is 11.5 Å². The Morgan fingerprint density at radius 1 is 1.10 bits per heavy atom. The summed E-state index contributed by atoms with van der Waals surface area (Å²) in [6.45, 7) is 3.54. The lowest BCUT2D eigenvalue weighted by Gasteiger charge is -2.20. The SMILES string of the molecule is CCNS(=O)(=O)c1ccc(/C=C/C(=O)N(C)Cc2ccc3c(c2)OCCO3)cc1. The Labute approximate surface area is 171 Å². The molecule has 1 heterocycles. The van der Waals surface area contributed by atoms with E-state index in [4.69, 9.17) is 9.47 Å². The molecule has 0 unspecified atom stereocenters. The highest BCUT2D eigenvalue weighted by molar-refractivity contribution is 7.89. The molecule has 0 atom stereocenters. The van der Waals surface area contributed by atoms with Crippen molar-refractivity contribution in [3.63, 3.8) is 0 Å². The van der Waals surface area contributed by atoms with Crippen LogP contribution in [0.1, 0.15) is 18.1 Å². The van der Waals surface area contributed by atoms with Crippen molar-refractivity contribution >= 4 is 22.0 Å². The van der Waals surface area contributed by atoms with Crippen molar-refractivity contribution in [2.24, 2.45) is 0 Å². The van der Waals surface area contributed by atoms with Gasteiger partial charge in [-0.15, -0.1) is 0 Å². The number of nitrogens with one attached hydrogen (secondary N) is 1. The van der Waals surface area contributed by atoms with Crippen molar-refractivity contribution in [2.75, 3.05) is 26.8 Å². The van der Waals surface area contributed by atoms with Gasteiger partial charge in [-0.05, 0) is 41.5 Å². The van der Waals surface area contributed by atoms with Gasteiger partial charge >= 0.3 is 0 Å². The summed E-state index contributed by atoms with van der Waals surface area (Å²) in [6, 6.07) is 12.0. The molecule has 0 radical (unpaired) electrons. The minimum atomic E-state index is -3.48. The van der Waals surface area contributed by atoms with Crippen LogP contribution in [0, 0.1) is 0 Å². The van der Waals surface area contributed by atoms with Crippen molar-refractivity contribution in [1.29, 1.82) is 0 Å². The Balaban J connectivity index is 1.61. The first-order valence-electron chi connectivity index (χ1n) is 9.30. The molecule has 1 aliphatic heterocycles. The lowest BCUT2D eigenvalue weighted by Crippen LogP contribution is -2.24. The Kier molecular flexibility index (Phi) is 6.56. The van der Waals surface area contributed by atoms with Crippen LogP contribution in [0.15, 0.2) is 53.4 Å². The zero-order valence-electron chi connectivity index (χ0n) is 16.4. The monoisotopic (exact) mass is 416 g/mol. The van der Waals surface area contributed by atoms with E-state index in [1.54, 1.807) is 37.1 Å². The molecule has 154 valence electrons. The fraction of sp³-hybridized carbons (Fsp3) is 0.286. The Bertz CT molecular complexity index is 1000. The molecule has 8 heteroatoms. The smallest absolute Gasteiger partial charge is 0.246 e. The number of amides is 1. The van der Waals surface area contributed by atoms with Crippen LogP contribution in [0.3, 0.4) is 0 Å². The molecule has 0 bridgehead atoms. The molecule has 1 aliphatic rings. The van der Waals surface area contributed by atoms with E-state index in [9.17, 15) is 13.2 Å². The number of likely N-dealkylation sites (N-methyl/N-ethyl adjacent to an activating group) is 1. The zero-order chi connectivity index (χ0) is 20.9. The molecular formula is C21H24N2O5S. The van der Waals surface area contributed by atoms with Gasteiger partial charge in [0.15, 0.2) is 11.5 Å². The summed E-state index contributed by atoms with van der Waals surface area (Å²) in [5.41, 5.74) is 1.68. The molecule has 0 fully saturated rings. The summed E-state index contributed by atoms with van der Waals surface area (Å²) in [5, 5.41) is 0. The molecule has 2 aromatic rings. The van der Waals surface area contributed by atoms with Crippen LogP contribution >= 0.6 is 0 Å². The number of nitrogens with zero attached hydrogens (tertiary/aromatic N) is 1. The van der Waals surface area contributed by atoms with Crippen molar-refractivity contribution in [2.45, 2.75) is 18.4 Å². The molecular weight excluding hydrogens is 392 g/mol. The average molecular weight is 416 g/mol. The van der Waals surface area contributed by atoms with Crippen LogP contribution in [0.5, 0.6) is 11.5 Å². The van der Waals surface area contributed by atoms with Crippen molar-refractivity contribution in [3.05, 3.63) is 59.7 Å². The summed E-state index contributed by atoms with van der Waals surface area (Å²) in [6.07, 6.45) is 3.12. The van der Waals surface area contributed by atoms with E-state index in [1.165, 1.54) is 18.2 Å². The van der Waals surface area contributed by atoms with E-state index in [-0.39, 0.29) is 10.8 Å². The van der Waals surface area contributed by atoms with Crippen LogP contribution in [0.4, 0.5) is 0 Å². The molecule has 0 aliphatic carbocycles. The normalized spacial score (nSPS) is 13.4. The fourth-order valence-corrected chi connectivity index (χ4v) is 3.91. The first-order valence-corrected chi connectivity index (χ1v) is 10.8. The summed E-state index contributed by atoms with van der Waals surface area (Å²) in [5.74, 6) is 1.25. The number of rotatable bonds is 7. The van der Waals surface area contributed by atoms with Crippen LogP contribution in [-0.2, 0) is 21.4 Å². The van der Waals surface area contributed by atoms with Crippen LogP contribution in [-0.4, -0.2) is 46.0 Å². The van der Waals surface area contributed by atoms with Gasteiger partial charge in [0.05, 0.1) is 4.90 Å². The third-order valence-electron chi connectivity index (χ3n) is 4.35. The van der Waals surface area contributed by atoms with Gasteiger partial charge in [0.1, 0.15) is 13.2 Å². The number of hydrogen-bond acceptors (Lipinski definition) is 5. The highest BCUT2D eigenvalue weighted by Gasteiger charge is 2.14. The van der Waals surface area contributed by atoms with Gasteiger partial charge in [-0.3, -0.25) is 4.79 Å². The second-order valence-electron chi connectivity index (χ2n) is 6.58. The van der Waals surface area contributed by atoms with E-state index in [0.29, 0.717) is 37.8 Å². The Hall–Kier alpha value is -2.84. The molecule has 0 spiro atoms. The molecule has 1 N–H and O–H groups in total. The molecule has 0 aromatic heterocycles. The van der Waals surface area contributed by atoms with Gasteiger partial charge in [-0.25, -0.2) is 13.1 Å². The first-order chi connectivity index (χ1) is 13.9.